The van der Waals surface area contributed by atoms with Gasteiger partial charge in [0.2, 0.25) is 6.29 Å². The lowest BCUT2D eigenvalue weighted by Gasteiger charge is -2.17. The molecule has 0 aromatic heterocycles. The average Bonchev–Trinajstić information content (AvgIpc) is 2.58. The molecule has 2 N–H and O–H groups in total. The van der Waals surface area contributed by atoms with Crippen LogP contribution in [0.5, 0.6) is 0 Å². The van der Waals surface area contributed by atoms with E-state index in [-0.39, 0.29) is 17.7 Å². The number of benzene rings is 1. The molecule has 140 valence electrons. The summed E-state index contributed by atoms with van der Waals surface area (Å²) in [7, 11) is 0. The molecule has 0 saturated carbocycles. The Bertz CT molecular complexity index is 736. The zero-order valence-corrected chi connectivity index (χ0v) is 14.2. The number of esters is 2. The molecule has 0 bridgehead atoms. The molecule has 9 nitrogen and oxygen atoms in total. The van der Waals surface area contributed by atoms with Crippen LogP contribution < -0.4 is 0 Å². The molecule has 1 aromatic rings. The van der Waals surface area contributed by atoms with E-state index in [0.29, 0.717) is 0 Å². The third kappa shape index (κ3) is 5.71. The van der Waals surface area contributed by atoms with E-state index in [1.165, 1.54) is 6.92 Å². The van der Waals surface area contributed by atoms with Gasteiger partial charge in [-0.05, 0) is 32.0 Å². The van der Waals surface area contributed by atoms with Crippen molar-refractivity contribution in [2.45, 2.75) is 20.1 Å². The summed E-state index contributed by atoms with van der Waals surface area (Å²) in [5.41, 5.74) is -1.05. The summed E-state index contributed by atoms with van der Waals surface area (Å²) in [4.78, 5) is 45.7. The highest BCUT2D eigenvalue weighted by Gasteiger charge is 2.21. The molecule has 0 fully saturated rings. The van der Waals surface area contributed by atoms with Gasteiger partial charge < -0.3 is 24.4 Å². The number of aromatic carboxylic acids is 2. The van der Waals surface area contributed by atoms with Crippen molar-refractivity contribution < 1.29 is 43.6 Å². The SMILES string of the molecule is C=C(C)C(=O)OC(COC(=O)c1ccc(C(=O)O)c(C(=O)O)c1)OCC. The Kier molecular flexibility index (Phi) is 7.48. The van der Waals surface area contributed by atoms with E-state index in [2.05, 4.69) is 6.58 Å². The van der Waals surface area contributed by atoms with Crippen LogP contribution in [0.1, 0.15) is 44.9 Å². The van der Waals surface area contributed by atoms with Gasteiger partial charge in [0.05, 0.1) is 16.7 Å². The molecule has 0 aliphatic carbocycles. The molecule has 0 heterocycles. The molecule has 1 atom stereocenters. The zero-order chi connectivity index (χ0) is 19.9. The Morgan fingerprint density at radius 1 is 1.12 bits per heavy atom. The Morgan fingerprint density at radius 2 is 1.73 bits per heavy atom. The van der Waals surface area contributed by atoms with E-state index >= 15 is 0 Å². The highest BCUT2D eigenvalue weighted by molar-refractivity contribution is 6.03. The smallest absolute Gasteiger partial charge is 0.338 e. The Labute approximate surface area is 148 Å². The van der Waals surface area contributed by atoms with Gasteiger partial charge in [-0.3, -0.25) is 0 Å². The Balaban J connectivity index is 2.87. The van der Waals surface area contributed by atoms with Crippen molar-refractivity contribution in [3.8, 4) is 0 Å². The normalized spacial score (nSPS) is 11.3. The molecule has 0 saturated heterocycles. The van der Waals surface area contributed by atoms with E-state index in [1.54, 1.807) is 6.92 Å². The van der Waals surface area contributed by atoms with Crippen molar-refractivity contribution in [2.24, 2.45) is 0 Å². The largest absolute Gasteiger partial charge is 0.478 e. The van der Waals surface area contributed by atoms with E-state index in [9.17, 15) is 19.2 Å². The molecule has 1 rings (SSSR count). The second-order valence-corrected chi connectivity index (χ2v) is 5.04. The predicted octanol–water partition coefficient (Wildman–Crippen LogP) is 1.72. The number of hydrogen-bond acceptors (Lipinski definition) is 7. The van der Waals surface area contributed by atoms with Crippen LogP contribution in [0, 0.1) is 0 Å². The summed E-state index contributed by atoms with van der Waals surface area (Å²) in [6.45, 7) is 6.25. The van der Waals surface area contributed by atoms with Gasteiger partial charge in [0, 0.05) is 12.2 Å². The minimum atomic E-state index is -1.50. The monoisotopic (exact) mass is 366 g/mol. The van der Waals surface area contributed by atoms with Crippen LogP contribution in [0.3, 0.4) is 0 Å². The van der Waals surface area contributed by atoms with Crippen molar-refractivity contribution in [1.82, 2.24) is 0 Å². The number of rotatable bonds is 9. The third-order valence-corrected chi connectivity index (χ3v) is 3.01. The minimum Gasteiger partial charge on any atom is -0.478 e. The van der Waals surface area contributed by atoms with Crippen molar-refractivity contribution >= 4 is 23.9 Å². The summed E-state index contributed by atoms with van der Waals surface area (Å²) in [6, 6.07) is 3.00. The topological polar surface area (TPSA) is 136 Å². The van der Waals surface area contributed by atoms with Gasteiger partial charge in [-0.15, -0.1) is 0 Å². The zero-order valence-electron chi connectivity index (χ0n) is 14.2. The molecule has 0 aliphatic heterocycles. The molecular formula is C17H18O9. The van der Waals surface area contributed by atoms with Crippen LogP contribution in [0.15, 0.2) is 30.4 Å². The maximum absolute atomic E-state index is 12.1. The van der Waals surface area contributed by atoms with Gasteiger partial charge in [-0.1, -0.05) is 6.58 Å². The van der Waals surface area contributed by atoms with Gasteiger partial charge in [0.1, 0.15) is 0 Å². The molecule has 0 radical (unpaired) electrons. The maximum Gasteiger partial charge on any atom is 0.338 e. The molecule has 0 amide bonds. The number of carboxylic acids is 2. The molecule has 9 heteroatoms. The summed E-state index contributed by atoms with van der Waals surface area (Å²) in [6.07, 6.45) is -1.16. The number of carboxylic acid groups (broad SMARTS) is 2. The molecule has 0 aliphatic rings. The summed E-state index contributed by atoms with van der Waals surface area (Å²) in [5.74, 6) is -4.59. The first-order chi connectivity index (χ1) is 12.2. The van der Waals surface area contributed by atoms with Crippen molar-refractivity contribution in [3.63, 3.8) is 0 Å². The van der Waals surface area contributed by atoms with Crippen LogP contribution in [-0.2, 0) is 19.0 Å². The highest BCUT2D eigenvalue weighted by atomic mass is 16.7. The lowest BCUT2D eigenvalue weighted by molar-refractivity contribution is -0.181. The van der Waals surface area contributed by atoms with Gasteiger partial charge in [-0.25, -0.2) is 19.2 Å². The fourth-order valence-corrected chi connectivity index (χ4v) is 1.78. The molecule has 0 spiro atoms. The van der Waals surface area contributed by atoms with E-state index in [0.717, 1.165) is 18.2 Å². The first kappa shape index (κ1) is 20.8. The third-order valence-electron chi connectivity index (χ3n) is 3.01. The first-order valence-electron chi connectivity index (χ1n) is 7.43. The number of ether oxygens (including phenoxy) is 3. The lowest BCUT2D eigenvalue weighted by Crippen LogP contribution is -2.28. The van der Waals surface area contributed by atoms with Crippen molar-refractivity contribution in [1.29, 1.82) is 0 Å². The fraction of sp³-hybridized carbons (Fsp3) is 0.294. The van der Waals surface area contributed by atoms with E-state index < -0.39 is 47.9 Å². The van der Waals surface area contributed by atoms with Crippen molar-refractivity contribution in [3.05, 3.63) is 47.0 Å². The van der Waals surface area contributed by atoms with E-state index in [1.807, 2.05) is 0 Å². The maximum atomic E-state index is 12.1. The quantitative estimate of drug-likeness (QED) is 0.380. The molecule has 26 heavy (non-hydrogen) atoms. The highest BCUT2D eigenvalue weighted by Crippen LogP contribution is 2.14. The predicted molar refractivity (Wildman–Crippen MR) is 87.0 cm³/mol. The number of carbonyl (C=O) groups excluding carboxylic acids is 2. The van der Waals surface area contributed by atoms with Crippen LogP contribution >= 0.6 is 0 Å². The minimum absolute atomic E-state index is 0.136. The standard InChI is InChI=1S/C17H18O9/c1-4-24-13(26-16(22)9(2)3)8-25-17(23)10-5-6-11(14(18)19)12(7-10)15(20)21/h5-7,13H,2,4,8H2,1,3H3,(H,18,19)(H,20,21). The Morgan fingerprint density at radius 3 is 2.23 bits per heavy atom. The van der Waals surface area contributed by atoms with Crippen LogP contribution in [0.25, 0.3) is 0 Å². The molecule has 1 aromatic carbocycles. The number of hydrogen-bond donors (Lipinski definition) is 2. The summed E-state index contributed by atoms with van der Waals surface area (Å²) in [5, 5.41) is 18.0. The Hall–Kier alpha value is -3.20. The van der Waals surface area contributed by atoms with E-state index in [4.69, 9.17) is 24.4 Å². The summed E-state index contributed by atoms with van der Waals surface area (Å²) >= 11 is 0. The average molecular weight is 366 g/mol. The second kappa shape index (κ2) is 9.33. The van der Waals surface area contributed by atoms with Crippen LogP contribution in [0.4, 0.5) is 0 Å². The number of carbonyl (C=O) groups is 4. The van der Waals surface area contributed by atoms with Gasteiger partial charge in [0.25, 0.3) is 0 Å². The van der Waals surface area contributed by atoms with Crippen molar-refractivity contribution in [2.75, 3.05) is 13.2 Å². The van der Waals surface area contributed by atoms with Gasteiger partial charge >= 0.3 is 23.9 Å². The first-order valence-corrected chi connectivity index (χ1v) is 7.43. The van der Waals surface area contributed by atoms with Gasteiger partial charge in [0.15, 0.2) is 6.61 Å². The molecular weight excluding hydrogens is 348 g/mol. The fourth-order valence-electron chi connectivity index (χ4n) is 1.78. The van der Waals surface area contributed by atoms with Crippen LogP contribution in [0.2, 0.25) is 0 Å². The van der Waals surface area contributed by atoms with Crippen LogP contribution in [-0.4, -0.2) is 53.6 Å². The second-order valence-electron chi connectivity index (χ2n) is 5.04. The summed E-state index contributed by atoms with van der Waals surface area (Å²) < 4.78 is 15.0. The molecule has 1 unspecified atom stereocenters. The lowest BCUT2D eigenvalue weighted by atomic mass is 10.0. The van der Waals surface area contributed by atoms with Gasteiger partial charge in [-0.2, -0.15) is 0 Å².